The molecule has 6 heteroatoms. The fourth-order valence-corrected chi connectivity index (χ4v) is 2.86. The Morgan fingerprint density at radius 3 is 2.10 bits per heavy atom. The van der Waals surface area contributed by atoms with Crippen LogP contribution in [0.5, 0.6) is 0 Å². The number of hydrogen-bond acceptors (Lipinski definition) is 5. The average Bonchev–Trinajstić information content (AvgIpc) is 2.21. The summed E-state index contributed by atoms with van der Waals surface area (Å²) in [5.41, 5.74) is 5.00. The molecule has 0 fully saturated rings. The minimum absolute atomic E-state index is 0.0207. The first kappa shape index (κ1) is 19.4. The van der Waals surface area contributed by atoms with Crippen LogP contribution in [0.4, 0.5) is 0 Å². The van der Waals surface area contributed by atoms with Crippen molar-refractivity contribution in [3.05, 3.63) is 0 Å². The average molecular weight is 307 g/mol. The topological polar surface area (TPSA) is 86.5 Å². The quantitative estimate of drug-likeness (QED) is 0.546. The van der Waals surface area contributed by atoms with E-state index in [1.165, 1.54) is 0 Å². The summed E-state index contributed by atoms with van der Waals surface area (Å²) in [5, 5.41) is 0. The van der Waals surface area contributed by atoms with Crippen LogP contribution < -0.4 is 5.73 Å². The van der Waals surface area contributed by atoms with E-state index in [4.69, 9.17) is 10.5 Å². The van der Waals surface area contributed by atoms with E-state index in [0.29, 0.717) is 13.0 Å². The summed E-state index contributed by atoms with van der Waals surface area (Å²) < 4.78 is 28.6. The Bertz CT molecular complexity index is 407. The lowest BCUT2D eigenvalue weighted by atomic mass is 9.88. The van der Waals surface area contributed by atoms with E-state index in [0.717, 1.165) is 12.8 Å². The van der Waals surface area contributed by atoms with Gasteiger partial charge >= 0.3 is 5.97 Å². The molecule has 0 aromatic heterocycles. The molecule has 0 spiro atoms. The minimum atomic E-state index is -3.38. The van der Waals surface area contributed by atoms with E-state index < -0.39 is 27.2 Å². The largest absolute Gasteiger partial charge is 0.459 e. The number of hydrogen-bond donors (Lipinski definition) is 1. The lowest BCUT2D eigenvalue weighted by Gasteiger charge is -2.22. The highest BCUT2D eigenvalue weighted by Crippen LogP contribution is 2.21. The van der Waals surface area contributed by atoms with Crippen molar-refractivity contribution in [2.24, 2.45) is 11.1 Å². The molecule has 0 aromatic carbocycles. The van der Waals surface area contributed by atoms with Crippen LogP contribution in [-0.4, -0.2) is 38.0 Å². The second kappa shape index (κ2) is 7.41. The summed E-state index contributed by atoms with van der Waals surface area (Å²) in [4.78, 5) is 11.5. The fourth-order valence-electron chi connectivity index (χ4n) is 1.65. The van der Waals surface area contributed by atoms with E-state index in [1.807, 2.05) is 0 Å². The monoisotopic (exact) mass is 307 g/mol. The van der Waals surface area contributed by atoms with Crippen LogP contribution in [0.2, 0.25) is 0 Å². The normalized spacial score (nSPS) is 13.3. The van der Waals surface area contributed by atoms with Crippen molar-refractivity contribution in [2.45, 2.75) is 59.5 Å². The number of nitrogens with two attached hydrogens (primary N) is 1. The number of esters is 1. The van der Waals surface area contributed by atoms with E-state index >= 15 is 0 Å². The van der Waals surface area contributed by atoms with Crippen LogP contribution in [0.15, 0.2) is 0 Å². The zero-order valence-corrected chi connectivity index (χ0v) is 14.2. The highest BCUT2D eigenvalue weighted by molar-refractivity contribution is 7.92. The molecular formula is C14H29NO4S. The first-order valence-corrected chi connectivity index (χ1v) is 8.81. The van der Waals surface area contributed by atoms with E-state index in [2.05, 4.69) is 13.8 Å². The van der Waals surface area contributed by atoms with Gasteiger partial charge in [-0.2, -0.15) is 0 Å². The van der Waals surface area contributed by atoms with Gasteiger partial charge in [0.2, 0.25) is 0 Å². The molecule has 120 valence electrons. The lowest BCUT2D eigenvalue weighted by Crippen LogP contribution is -2.29. The van der Waals surface area contributed by atoms with Gasteiger partial charge in [-0.15, -0.1) is 0 Å². The van der Waals surface area contributed by atoms with Crippen molar-refractivity contribution in [3.63, 3.8) is 0 Å². The van der Waals surface area contributed by atoms with E-state index in [1.54, 1.807) is 20.8 Å². The summed E-state index contributed by atoms with van der Waals surface area (Å²) in [5.74, 6) is -1.20. The van der Waals surface area contributed by atoms with Gasteiger partial charge in [-0.3, -0.25) is 4.79 Å². The van der Waals surface area contributed by atoms with Gasteiger partial charge in [-0.05, 0) is 45.6 Å². The standard InChI is InChI=1S/C14H29NO4S/c1-13(2,3)19-12(16)10-20(17,18)9-7-6-8-14(4,5)11-15/h6-11,15H2,1-5H3. The number of sulfone groups is 1. The maximum absolute atomic E-state index is 11.8. The van der Waals surface area contributed by atoms with Gasteiger partial charge in [-0.25, -0.2) is 8.42 Å². The number of carbonyl (C=O) groups is 1. The van der Waals surface area contributed by atoms with Crippen LogP contribution in [0.3, 0.4) is 0 Å². The van der Waals surface area contributed by atoms with Crippen LogP contribution in [0.1, 0.15) is 53.9 Å². The molecule has 0 aliphatic rings. The molecule has 0 saturated heterocycles. The highest BCUT2D eigenvalue weighted by Gasteiger charge is 2.23. The first-order chi connectivity index (χ1) is 8.87. The number of rotatable bonds is 8. The third-order valence-corrected chi connectivity index (χ3v) is 4.46. The molecule has 0 saturated carbocycles. The summed E-state index contributed by atoms with van der Waals surface area (Å²) in [7, 11) is -3.38. The third-order valence-electron chi connectivity index (χ3n) is 2.87. The lowest BCUT2D eigenvalue weighted by molar-refractivity contribution is -0.151. The van der Waals surface area contributed by atoms with Gasteiger partial charge in [0.05, 0.1) is 5.75 Å². The Morgan fingerprint density at radius 2 is 1.65 bits per heavy atom. The van der Waals surface area contributed by atoms with Crippen molar-refractivity contribution in [1.29, 1.82) is 0 Å². The van der Waals surface area contributed by atoms with Crippen molar-refractivity contribution >= 4 is 15.8 Å². The maximum Gasteiger partial charge on any atom is 0.321 e. The molecule has 0 aromatic rings. The molecule has 0 radical (unpaired) electrons. The zero-order chi connectivity index (χ0) is 16.0. The Morgan fingerprint density at radius 1 is 1.10 bits per heavy atom. The predicted octanol–water partition coefficient (Wildman–Crippen LogP) is 1.90. The summed E-state index contributed by atoms with van der Waals surface area (Å²) in [6.07, 6.45) is 2.22. The second-order valence-corrected chi connectivity index (χ2v) is 9.19. The van der Waals surface area contributed by atoms with Gasteiger partial charge in [0.25, 0.3) is 0 Å². The number of carbonyl (C=O) groups excluding carboxylic acids is 1. The smallest absolute Gasteiger partial charge is 0.321 e. The fraction of sp³-hybridized carbons (Fsp3) is 0.929. The van der Waals surface area contributed by atoms with Crippen molar-refractivity contribution in [3.8, 4) is 0 Å². The van der Waals surface area contributed by atoms with Crippen molar-refractivity contribution < 1.29 is 17.9 Å². The van der Waals surface area contributed by atoms with Crippen LogP contribution >= 0.6 is 0 Å². The molecule has 0 atom stereocenters. The molecule has 2 N–H and O–H groups in total. The maximum atomic E-state index is 11.8. The van der Waals surface area contributed by atoms with Gasteiger partial charge in [0, 0.05) is 0 Å². The minimum Gasteiger partial charge on any atom is -0.459 e. The molecule has 0 unspecified atom stereocenters. The first-order valence-electron chi connectivity index (χ1n) is 6.99. The van der Waals surface area contributed by atoms with E-state index in [-0.39, 0.29) is 11.2 Å². The molecule has 0 rings (SSSR count). The van der Waals surface area contributed by atoms with Crippen LogP contribution in [0, 0.1) is 5.41 Å². The summed E-state index contributed by atoms with van der Waals surface area (Å²) in [6.45, 7) is 9.84. The molecule has 0 amide bonds. The molecule has 0 aliphatic carbocycles. The van der Waals surface area contributed by atoms with Gasteiger partial charge in [-0.1, -0.05) is 20.3 Å². The number of ether oxygens (including phenoxy) is 1. The Hall–Kier alpha value is -0.620. The molecule has 5 nitrogen and oxygen atoms in total. The molecule has 0 heterocycles. The molecule has 0 bridgehead atoms. The predicted molar refractivity (Wildman–Crippen MR) is 81.2 cm³/mol. The Labute approximate surface area is 123 Å². The van der Waals surface area contributed by atoms with Gasteiger partial charge in [0.15, 0.2) is 9.84 Å². The van der Waals surface area contributed by atoms with Gasteiger partial charge in [0.1, 0.15) is 11.4 Å². The van der Waals surface area contributed by atoms with E-state index in [9.17, 15) is 13.2 Å². The molecule has 0 aliphatic heterocycles. The van der Waals surface area contributed by atoms with Crippen molar-refractivity contribution in [2.75, 3.05) is 18.1 Å². The second-order valence-electron chi connectivity index (χ2n) is 7.00. The summed E-state index contributed by atoms with van der Waals surface area (Å²) >= 11 is 0. The third kappa shape index (κ3) is 10.2. The summed E-state index contributed by atoms with van der Waals surface area (Å²) in [6, 6.07) is 0. The Balaban J connectivity index is 4.12. The molecular weight excluding hydrogens is 278 g/mol. The highest BCUT2D eigenvalue weighted by atomic mass is 32.2. The molecule has 20 heavy (non-hydrogen) atoms. The van der Waals surface area contributed by atoms with Crippen molar-refractivity contribution in [1.82, 2.24) is 0 Å². The SMILES string of the molecule is CC(C)(CN)CCCCS(=O)(=O)CC(=O)OC(C)(C)C. The Kier molecular flexibility index (Phi) is 7.18. The number of unbranched alkanes of at least 4 members (excludes halogenated alkanes) is 1. The van der Waals surface area contributed by atoms with Gasteiger partial charge < -0.3 is 10.5 Å². The van der Waals surface area contributed by atoms with Crippen LogP contribution in [0.25, 0.3) is 0 Å². The zero-order valence-electron chi connectivity index (χ0n) is 13.4. The van der Waals surface area contributed by atoms with Crippen LogP contribution in [-0.2, 0) is 19.4 Å².